The van der Waals surface area contributed by atoms with Crippen LogP contribution in [0.15, 0.2) is 11.3 Å². The zero-order valence-electron chi connectivity index (χ0n) is 10.8. The van der Waals surface area contributed by atoms with Crippen LogP contribution in [0.5, 0.6) is 0 Å². The summed E-state index contributed by atoms with van der Waals surface area (Å²) >= 11 is 0. The second kappa shape index (κ2) is 7.24. The Balaban J connectivity index is 4.45. The standard InChI is InChI=1S/C12H27NSi/c1-7-10(3)12(11(4)8-2)9-14-13(5)6/h9-11H,7-8,14H2,1-6H3. The van der Waals surface area contributed by atoms with Crippen LogP contribution in [0.2, 0.25) is 0 Å². The van der Waals surface area contributed by atoms with Crippen molar-refractivity contribution in [3.8, 4) is 0 Å². The Bertz CT molecular complexity index is 163. The van der Waals surface area contributed by atoms with Gasteiger partial charge < -0.3 is 4.57 Å². The van der Waals surface area contributed by atoms with E-state index in [9.17, 15) is 0 Å². The predicted octanol–water partition coefficient (Wildman–Crippen LogP) is 2.61. The highest BCUT2D eigenvalue weighted by Gasteiger charge is 2.12. The van der Waals surface area contributed by atoms with Gasteiger partial charge in [0.2, 0.25) is 0 Å². The summed E-state index contributed by atoms with van der Waals surface area (Å²) in [6.45, 7) is 9.31. The zero-order chi connectivity index (χ0) is 11.1. The van der Waals surface area contributed by atoms with E-state index in [1.807, 2.05) is 0 Å². The molecule has 0 radical (unpaired) electrons. The van der Waals surface area contributed by atoms with E-state index >= 15 is 0 Å². The first-order valence-electron chi connectivity index (χ1n) is 5.87. The Hall–Kier alpha value is -0.0831. The summed E-state index contributed by atoms with van der Waals surface area (Å²) in [5.74, 6) is 1.55. The number of allylic oxidation sites excluding steroid dienone is 1. The molecule has 2 atom stereocenters. The van der Waals surface area contributed by atoms with Crippen LogP contribution in [0.1, 0.15) is 40.5 Å². The molecule has 14 heavy (non-hydrogen) atoms. The molecule has 1 nitrogen and oxygen atoms in total. The fourth-order valence-electron chi connectivity index (χ4n) is 1.65. The third-order valence-corrected chi connectivity index (χ3v) is 4.44. The molecular formula is C12H27NSi. The van der Waals surface area contributed by atoms with Gasteiger partial charge in [-0.05, 0) is 38.8 Å². The van der Waals surface area contributed by atoms with Gasteiger partial charge in [0.15, 0.2) is 0 Å². The molecule has 0 saturated heterocycles. The van der Waals surface area contributed by atoms with Gasteiger partial charge >= 0.3 is 0 Å². The van der Waals surface area contributed by atoms with Crippen molar-refractivity contribution >= 4 is 9.68 Å². The van der Waals surface area contributed by atoms with Gasteiger partial charge in [-0.1, -0.05) is 39.0 Å². The summed E-state index contributed by atoms with van der Waals surface area (Å²) in [6.07, 6.45) is 2.55. The van der Waals surface area contributed by atoms with Gasteiger partial charge in [-0.25, -0.2) is 0 Å². The van der Waals surface area contributed by atoms with E-state index in [4.69, 9.17) is 0 Å². The van der Waals surface area contributed by atoms with Gasteiger partial charge in [0.1, 0.15) is 9.68 Å². The van der Waals surface area contributed by atoms with Crippen LogP contribution in [0.4, 0.5) is 0 Å². The Morgan fingerprint density at radius 2 is 1.57 bits per heavy atom. The molecule has 0 bridgehead atoms. The van der Waals surface area contributed by atoms with E-state index in [-0.39, 0.29) is 9.68 Å². The summed E-state index contributed by atoms with van der Waals surface area (Å²) in [5, 5.41) is 0. The molecule has 2 heteroatoms. The van der Waals surface area contributed by atoms with E-state index in [1.54, 1.807) is 5.57 Å². The Labute approximate surface area is 92.5 Å². The van der Waals surface area contributed by atoms with Crippen molar-refractivity contribution in [1.82, 2.24) is 4.57 Å². The lowest BCUT2D eigenvalue weighted by Crippen LogP contribution is -2.18. The molecule has 0 fully saturated rings. The molecule has 0 amide bonds. The van der Waals surface area contributed by atoms with Crippen molar-refractivity contribution in [2.24, 2.45) is 11.8 Å². The third kappa shape index (κ3) is 4.96. The van der Waals surface area contributed by atoms with Crippen molar-refractivity contribution < 1.29 is 0 Å². The van der Waals surface area contributed by atoms with Crippen molar-refractivity contribution in [3.05, 3.63) is 11.3 Å². The molecule has 0 aliphatic carbocycles. The van der Waals surface area contributed by atoms with Gasteiger partial charge in [0, 0.05) is 0 Å². The highest BCUT2D eigenvalue weighted by atomic mass is 28.2. The van der Waals surface area contributed by atoms with Crippen LogP contribution >= 0.6 is 0 Å². The first-order valence-corrected chi connectivity index (χ1v) is 7.32. The van der Waals surface area contributed by atoms with E-state index < -0.39 is 0 Å². The number of rotatable bonds is 6. The van der Waals surface area contributed by atoms with Gasteiger partial charge in [-0.2, -0.15) is 0 Å². The van der Waals surface area contributed by atoms with E-state index in [2.05, 4.69) is 52.1 Å². The van der Waals surface area contributed by atoms with Crippen molar-refractivity contribution in [2.45, 2.75) is 40.5 Å². The summed E-state index contributed by atoms with van der Waals surface area (Å²) in [6, 6.07) is 0. The fraction of sp³-hybridized carbons (Fsp3) is 0.833. The molecule has 0 aliphatic rings. The van der Waals surface area contributed by atoms with E-state index in [0.717, 1.165) is 11.8 Å². The summed E-state index contributed by atoms with van der Waals surface area (Å²) in [5.41, 5.74) is 4.26. The largest absolute Gasteiger partial charge is 0.331 e. The van der Waals surface area contributed by atoms with Gasteiger partial charge in [-0.15, -0.1) is 0 Å². The van der Waals surface area contributed by atoms with E-state index in [1.165, 1.54) is 12.8 Å². The highest BCUT2D eigenvalue weighted by molar-refractivity contribution is 6.38. The first-order chi connectivity index (χ1) is 6.52. The quantitative estimate of drug-likeness (QED) is 0.613. The molecule has 0 aliphatic heterocycles. The highest BCUT2D eigenvalue weighted by Crippen LogP contribution is 2.24. The van der Waals surface area contributed by atoms with Crippen LogP contribution in [-0.2, 0) is 0 Å². The molecule has 0 rings (SSSR count). The molecule has 84 valence electrons. The minimum absolute atomic E-state index is 0.134. The normalized spacial score (nSPS) is 16.2. The average molecular weight is 213 g/mol. The van der Waals surface area contributed by atoms with Gasteiger partial charge in [-0.3, -0.25) is 0 Å². The van der Waals surface area contributed by atoms with E-state index in [0.29, 0.717) is 0 Å². The fourth-order valence-corrected chi connectivity index (χ4v) is 3.03. The zero-order valence-corrected chi connectivity index (χ0v) is 12.2. The molecule has 0 saturated carbocycles. The number of hydrogen-bond acceptors (Lipinski definition) is 1. The Morgan fingerprint density at radius 1 is 1.14 bits per heavy atom. The minimum Gasteiger partial charge on any atom is -0.331 e. The van der Waals surface area contributed by atoms with Crippen LogP contribution < -0.4 is 0 Å². The lowest BCUT2D eigenvalue weighted by Gasteiger charge is -2.21. The molecule has 2 unspecified atom stereocenters. The molecular weight excluding hydrogens is 186 g/mol. The average Bonchev–Trinajstić information content (AvgIpc) is 2.16. The minimum atomic E-state index is -0.134. The second-order valence-electron chi connectivity index (χ2n) is 4.58. The molecule has 0 N–H and O–H groups in total. The van der Waals surface area contributed by atoms with Crippen molar-refractivity contribution in [2.75, 3.05) is 14.1 Å². The molecule has 0 spiro atoms. The molecule has 0 heterocycles. The third-order valence-electron chi connectivity index (χ3n) is 3.05. The SMILES string of the molecule is CCC(C)C(=C[SiH2]N(C)C)C(C)CC. The second-order valence-corrected chi connectivity index (χ2v) is 6.62. The molecule has 0 aromatic carbocycles. The topological polar surface area (TPSA) is 3.24 Å². The maximum Gasteiger partial charge on any atom is 0.119 e. The molecule has 0 aromatic rings. The van der Waals surface area contributed by atoms with Gasteiger partial charge in [0.25, 0.3) is 0 Å². The lowest BCUT2D eigenvalue weighted by molar-refractivity contribution is 0.530. The van der Waals surface area contributed by atoms with Crippen molar-refractivity contribution in [1.29, 1.82) is 0 Å². The maximum absolute atomic E-state index is 2.56. The number of hydrogen-bond donors (Lipinski definition) is 0. The smallest absolute Gasteiger partial charge is 0.119 e. The summed E-state index contributed by atoms with van der Waals surface area (Å²) < 4.78 is 2.37. The van der Waals surface area contributed by atoms with Crippen LogP contribution in [0.25, 0.3) is 0 Å². The van der Waals surface area contributed by atoms with Crippen LogP contribution in [-0.4, -0.2) is 28.3 Å². The first kappa shape index (κ1) is 13.9. The lowest BCUT2D eigenvalue weighted by atomic mass is 9.88. The summed E-state index contributed by atoms with van der Waals surface area (Å²) in [4.78, 5) is 0. The van der Waals surface area contributed by atoms with Crippen LogP contribution in [0.3, 0.4) is 0 Å². The Kier molecular flexibility index (Phi) is 7.20. The predicted molar refractivity (Wildman–Crippen MR) is 69.2 cm³/mol. The van der Waals surface area contributed by atoms with Crippen molar-refractivity contribution in [3.63, 3.8) is 0 Å². The molecule has 0 aromatic heterocycles. The number of nitrogens with zero attached hydrogens (tertiary/aromatic N) is 1. The van der Waals surface area contributed by atoms with Crippen LogP contribution in [0, 0.1) is 11.8 Å². The monoisotopic (exact) mass is 213 g/mol. The van der Waals surface area contributed by atoms with Gasteiger partial charge in [0.05, 0.1) is 0 Å². The summed E-state index contributed by atoms with van der Waals surface area (Å²) in [7, 11) is 4.24. The Morgan fingerprint density at radius 3 is 1.86 bits per heavy atom. The maximum atomic E-state index is 2.56.